The van der Waals surface area contributed by atoms with Gasteiger partial charge in [-0.2, -0.15) is 0 Å². The molecule has 0 radical (unpaired) electrons. The number of nitrogens with zero attached hydrogens (tertiary/aromatic N) is 2. The molecule has 1 atom stereocenters. The molecular weight excluding hydrogens is 414 g/mol. The normalized spacial score (nSPS) is 14.8. The number of nitrogens with one attached hydrogen (secondary N) is 1. The van der Waals surface area contributed by atoms with Gasteiger partial charge in [0.1, 0.15) is 10.7 Å². The first-order valence-electron chi connectivity index (χ1n) is 10.3. The van der Waals surface area contributed by atoms with Gasteiger partial charge in [0.2, 0.25) is 0 Å². The highest BCUT2D eigenvalue weighted by Crippen LogP contribution is 2.36. The summed E-state index contributed by atoms with van der Waals surface area (Å²) in [7, 11) is 1.86. The van der Waals surface area contributed by atoms with Crippen LogP contribution >= 0.6 is 23.1 Å². The van der Waals surface area contributed by atoms with Crippen LogP contribution in [0.15, 0.2) is 27.9 Å². The van der Waals surface area contributed by atoms with Crippen molar-refractivity contribution in [1.82, 2.24) is 14.9 Å². The van der Waals surface area contributed by atoms with Crippen molar-refractivity contribution >= 4 is 39.2 Å². The van der Waals surface area contributed by atoms with E-state index < -0.39 is 0 Å². The summed E-state index contributed by atoms with van der Waals surface area (Å²) in [6.45, 7) is 8.11. The van der Waals surface area contributed by atoms with Crippen molar-refractivity contribution in [3.8, 4) is 0 Å². The SMILES string of the molecule is Cc1ccc(C)c(SCc2nc3sc(C(=O)N(C)C(C)C4CC4)c(C)c3c(=O)[nH]2)c1. The van der Waals surface area contributed by atoms with Crippen LogP contribution in [0.25, 0.3) is 10.2 Å². The zero-order valence-electron chi connectivity index (χ0n) is 18.0. The fraction of sp³-hybridized carbons (Fsp3) is 0.435. The van der Waals surface area contributed by atoms with E-state index >= 15 is 0 Å². The number of amides is 1. The maximum Gasteiger partial charge on any atom is 0.264 e. The molecule has 1 aliphatic rings. The second-order valence-electron chi connectivity index (χ2n) is 8.30. The average Bonchev–Trinajstić information content (AvgIpc) is 3.50. The summed E-state index contributed by atoms with van der Waals surface area (Å²) < 4.78 is 0. The summed E-state index contributed by atoms with van der Waals surface area (Å²) in [5.41, 5.74) is 2.99. The van der Waals surface area contributed by atoms with Crippen molar-refractivity contribution in [2.45, 2.75) is 57.2 Å². The third kappa shape index (κ3) is 4.05. The second-order valence-corrected chi connectivity index (χ2v) is 10.3. The third-order valence-corrected chi connectivity index (χ3v) is 8.33. The Hall–Kier alpha value is -2.12. The molecule has 1 amide bonds. The number of aromatic amines is 1. The van der Waals surface area contributed by atoms with Gasteiger partial charge in [-0.05, 0) is 63.6 Å². The van der Waals surface area contributed by atoms with E-state index in [9.17, 15) is 9.59 Å². The van der Waals surface area contributed by atoms with Crippen LogP contribution < -0.4 is 5.56 Å². The molecule has 4 rings (SSSR count). The number of aryl methyl sites for hydroxylation is 3. The highest BCUT2D eigenvalue weighted by molar-refractivity contribution is 7.98. The second kappa shape index (κ2) is 8.19. The quantitative estimate of drug-likeness (QED) is 0.542. The van der Waals surface area contributed by atoms with Gasteiger partial charge in [0.05, 0.1) is 16.0 Å². The molecule has 1 aliphatic carbocycles. The Labute approximate surface area is 184 Å². The lowest BCUT2D eigenvalue weighted by Gasteiger charge is -2.24. The van der Waals surface area contributed by atoms with Crippen molar-refractivity contribution in [2.24, 2.45) is 5.92 Å². The first-order valence-corrected chi connectivity index (χ1v) is 12.1. The summed E-state index contributed by atoms with van der Waals surface area (Å²) in [6, 6.07) is 6.58. The molecule has 1 saturated carbocycles. The molecule has 0 saturated heterocycles. The summed E-state index contributed by atoms with van der Waals surface area (Å²) in [5.74, 6) is 1.80. The molecule has 2 heterocycles. The zero-order chi connectivity index (χ0) is 21.6. The molecular formula is C23H27N3O2S2. The van der Waals surface area contributed by atoms with Gasteiger partial charge in [0.25, 0.3) is 11.5 Å². The largest absolute Gasteiger partial charge is 0.338 e. The molecule has 3 aromatic rings. The lowest BCUT2D eigenvalue weighted by atomic mass is 10.1. The number of carbonyl (C=O) groups is 1. The predicted molar refractivity (Wildman–Crippen MR) is 125 cm³/mol. The van der Waals surface area contributed by atoms with E-state index in [2.05, 4.69) is 44.0 Å². The number of thiophene rings is 1. The van der Waals surface area contributed by atoms with E-state index in [-0.39, 0.29) is 17.5 Å². The van der Waals surface area contributed by atoms with E-state index in [1.807, 2.05) is 18.9 Å². The number of hydrogen-bond donors (Lipinski definition) is 1. The number of benzene rings is 1. The van der Waals surface area contributed by atoms with E-state index in [1.54, 1.807) is 11.8 Å². The highest BCUT2D eigenvalue weighted by Gasteiger charge is 2.34. The third-order valence-electron chi connectivity index (χ3n) is 5.99. The number of aromatic nitrogens is 2. The first-order chi connectivity index (χ1) is 14.3. The minimum atomic E-state index is -0.165. The van der Waals surface area contributed by atoms with Crippen LogP contribution in [0.2, 0.25) is 0 Å². The summed E-state index contributed by atoms with van der Waals surface area (Å²) in [4.78, 5) is 37.7. The number of thioether (sulfide) groups is 1. The van der Waals surface area contributed by atoms with Gasteiger partial charge < -0.3 is 9.88 Å². The lowest BCUT2D eigenvalue weighted by molar-refractivity contribution is 0.0731. The maximum absolute atomic E-state index is 13.1. The summed E-state index contributed by atoms with van der Waals surface area (Å²) in [6.07, 6.45) is 2.37. The molecule has 158 valence electrons. The highest BCUT2D eigenvalue weighted by atomic mass is 32.2. The van der Waals surface area contributed by atoms with Crippen LogP contribution in [0.4, 0.5) is 0 Å². The number of carbonyl (C=O) groups excluding carboxylic acids is 1. The van der Waals surface area contributed by atoms with Crippen molar-refractivity contribution in [1.29, 1.82) is 0 Å². The molecule has 0 spiro atoms. The molecule has 30 heavy (non-hydrogen) atoms. The number of hydrogen-bond acceptors (Lipinski definition) is 5. The Morgan fingerprint density at radius 2 is 2.07 bits per heavy atom. The predicted octanol–water partition coefficient (Wildman–Crippen LogP) is 5.07. The molecule has 1 N–H and O–H groups in total. The van der Waals surface area contributed by atoms with E-state index in [4.69, 9.17) is 4.98 Å². The fourth-order valence-corrected chi connectivity index (χ4v) is 5.89. The van der Waals surface area contributed by atoms with Gasteiger partial charge in [-0.3, -0.25) is 9.59 Å². The average molecular weight is 442 g/mol. The van der Waals surface area contributed by atoms with E-state index in [0.717, 1.165) is 5.56 Å². The maximum atomic E-state index is 13.1. The van der Waals surface area contributed by atoms with Crippen LogP contribution in [-0.4, -0.2) is 33.9 Å². The van der Waals surface area contributed by atoms with E-state index in [1.165, 1.54) is 40.2 Å². The lowest BCUT2D eigenvalue weighted by Crippen LogP contribution is -2.36. The number of rotatable bonds is 6. The van der Waals surface area contributed by atoms with Crippen molar-refractivity contribution in [2.75, 3.05) is 7.05 Å². The standard InChI is InChI=1S/C23H27N3O2S2/c1-12-6-7-13(2)17(10-12)29-11-18-24-21(27)19-14(3)20(30-22(19)25-18)23(28)26(5)15(4)16-8-9-16/h6-7,10,15-16H,8-9,11H2,1-5H3,(H,24,25,27). The van der Waals surface area contributed by atoms with Gasteiger partial charge >= 0.3 is 0 Å². The van der Waals surface area contributed by atoms with Crippen LogP contribution in [0, 0.1) is 26.7 Å². The minimum Gasteiger partial charge on any atom is -0.338 e. The van der Waals surface area contributed by atoms with Crippen LogP contribution in [-0.2, 0) is 5.75 Å². The van der Waals surface area contributed by atoms with Gasteiger partial charge in [0.15, 0.2) is 0 Å². The smallest absolute Gasteiger partial charge is 0.264 e. The van der Waals surface area contributed by atoms with Crippen LogP contribution in [0.3, 0.4) is 0 Å². The Morgan fingerprint density at radius 3 is 2.77 bits per heavy atom. The molecule has 1 fully saturated rings. The Balaban J connectivity index is 1.61. The first kappa shape index (κ1) is 21.1. The molecule has 1 aromatic carbocycles. The van der Waals surface area contributed by atoms with Gasteiger partial charge in [-0.15, -0.1) is 23.1 Å². The van der Waals surface area contributed by atoms with Gasteiger partial charge in [-0.25, -0.2) is 4.98 Å². The topological polar surface area (TPSA) is 66.1 Å². The summed E-state index contributed by atoms with van der Waals surface area (Å²) in [5, 5.41) is 0.538. The Kier molecular flexibility index (Phi) is 5.77. The van der Waals surface area contributed by atoms with Crippen LogP contribution in [0.1, 0.15) is 52.0 Å². The van der Waals surface area contributed by atoms with Crippen molar-refractivity contribution < 1.29 is 4.79 Å². The number of H-pyrrole nitrogens is 1. The summed E-state index contributed by atoms with van der Waals surface area (Å²) >= 11 is 3.00. The van der Waals surface area contributed by atoms with Crippen molar-refractivity contribution in [3.05, 3.63) is 55.9 Å². The zero-order valence-corrected chi connectivity index (χ0v) is 19.7. The monoisotopic (exact) mass is 441 g/mol. The molecule has 1 unspecified atom stereocenters. The Morgan fingerprint density at radius 1 is 1.33 bits per heavy atom. The minimum absolute atomic E-state index is 0.0133. The fourth-order valence-electron chi connectivity index (χ4n) is 3.71. The van der Waals surface area contributed by atoms with E-state index in [0.29, 0.717) is 32.6 Å². The van der Waals surface area contributed by atoms with Gasteiger partial charge in [-0.1, -0.05) is 17.7 Å². The number of fused-ring (bicyclic) bond motifs is 1. The molecule has 7 heteroatoms. The molecule has 0 bridgehead atoms. The van der Waals surface area contributed by atoms with Crippen LogP contribution in [0.5, 0.6) is 0 Å². The molecule has 5 nitrogen and oxygen atoms in total. The van der Waals surface area contributed by atoms with Gasteiger partial charge in [0, 0.05) is 18.0 Å². The molecule has 2 aromatic heterocycles. The molecule has 0 aliphatic heterocycles. The van der Waals surface area contributed by atoms with Crippen molar-refractivity contribution in [3.63, 3.8) is 0 Å². The Bertz CT molecular complexity index is 1180.